The molecule has 2 aliphatic heterocycles. The van der Waals surface area contributed by atoms with Gasteiger partial charge in [0.15, 0.2) is 11.5 Å². The number of sulfonamides is 1. The van der Waals surface area contributed by atoms with Crippen molar-refractivity contribution in [3.63, 3.8) is 0 Å². The summed E-state index contributed by atoms with van der Waals surface area (Å²) in [6.07, 6.45) is 0. The summed E-state index contributed by atoms with van der Waals surface area (Å²) in [6, 6.07) is 13.1. The molecule has 0 amide bonds. The van der Waals surface area contributed by atoms with Crippen LogP contribution in [0, 0.1) is 0 Å². The van der Waals surface area contributed by atoms with Crippen molar-refractivity contribution in [1.82, 2.24) is 4.72 Å². The van der Waals surface area contributed by atoms with Crippen LogP contribution in [0.5, 0.6) is 11.5 Å². The van der Waals surface area contributed by atoms with Crippen LogP contribution >= 0.6 is 0 Å². The van der Waals surface area contributed by atoms with Gasteiger partial charge in [0.05, 0.1) is 6.04 Å². The first-order chi connectivity index (χ1) is 14.3. The molecule has 30 heavy (non-hydrogen) atoms. The number of hydrogen-bond donors (Lipinski definition) is 1. The Labute approximate surface area is 177 Å². The van der Waals surface area contributed by atoms with Gasteiger partial charge in [0.2, 0.25) is 0 Å². The number of hydrogen-bond acceptors (Lipinski definition) is 5. The summed E-state index contributed by atoms with van der Waals surface area (Å²) in [5.74, 6) is 2.17. The number of amidine groups is 1. The van der Waals surface area contributed by atoms with Gasteiger partial charge in [-0.2, -0.15) is 0 Å². The van der Waals surface area contributed by atoms with Crippen LogP contribution in [0.4, 0.5) is 0 Å². The van der Waals surface area contributed by atoms with E-state index < -0.39 is 10.0 Å². The quantitative estimate of drug-likeness (QED) is 0.786. The normalized spacial score (nSPS) is 19.8. The van der Waals surface area contributed by atoms with Crippen molar-refractivity contribution in [3.05, 3.63) is 64.7 Å². The van der Waals surface area contributed by atoms with Crippen LogP contribution in [0.15, 0.2) is 53.0 Å². The molecule has 2 aliphatic rings. The molecular weight excluding hydrogens is 400 g/mol. The second-order valence-electron chi connectivity index (χ2n) is 7.89. The number of fused-ring (bicyclic) bond motifs is 1. The fraction of sp³-hybridized carbons (Fsp3) is 0.348. The van der Waals surface area contributed by atoms with Crippen LogP contribution in [-0.4, -0.2) is 27.5 Å². The molecule has 7 heteroatoms. The monoisotopic (exact) mass is 426 g/mol. The fourth-order valence-electron chi connectivity index (χ4n) is 3.67. The first-order valence-corrected chi connectivity index (χ1v) is 11.6. The van der Waals surface area contributed by atoms with E-state index in [1.54, 1.807) is 6.92 Å². The molecule has 0 aromatic heterocycles. The molecule has 2 aromatic carbocycles. The molecule has 0 saturated carbocycles. The largest absolute Gasteiger partial charge is 0.486 e. The van der Waals surface area contributed by atoms with Crippen LogP contribution in [0.1, 0.15) is 56.3 Å². The molecular formula is C23H26N2O4S. The molecule has 0 saturated heterocycles. The zero-order chi connectivity index (χ0) is 21.5. The fourth-order valence-corrected chi connectivity index (χ4v) is 5.17. The molecule has 0 aliphatic carbocycles. The molecule has 1 N–H and O–H groups in total. The van der Waals surface area contributed by atoms with E-state index in [0.29, 0.717) is 41.9 Å². The first-order valence-electron chi connectivity index (χ1n) is 10.1. The molecule has 2 heterocycles. The van der Waals surface area contributed by atoms with Crippen LogP contribution in [-0.2, 0) is 10.0 Å². The van der Waals surface area contributed by atoms with Crippen molar-refractivity contribution in [2.45, 2.75) is 39.7 Å². The summed E-state index contributed by atoms with van der Waals surface area (Å²) in [4.78, 5) is 4.95. The Kier molecular flexibility index (Phi) is 5.32. The summed E-state index contributed by atoms with van der Waals surface area (Å²) in [7, 11) is -3.66. The Balaban J connectivity index is 1.67. The van der Waals surface area contributed by atoms with Gasteiger partial charge < -0.3 is 9.47 Å². The molecule has 4 rings (SSSR count). The molecule has 1 unspecified atom stereocenters. The minimum atomic E-state index is -3.66. The van der Waals surface area contributed by atoms with Gasteiger partial charge in [-0.15, -0.1) is 0 Å². The van der Waals surface area contributed by atoms with E-state index in [-0.39, 0.29) is 10.9 Å². The van der Waals surface area contributed by atoms with Gasteiger partial charge >= 0.3 is 0 Å². The molecule has 0 fully saturated rings. The third-order valence-corrected chi connectivity index (χ3v) is 6.95. The van der Waals surface area contributed by atoms with Crippen LogP contribution in [0.25, 0.3) is 4.91 Å². The summed E-state index contributed by atoms with van der Waals surface area (Å²) < 4.78 is 39.5. The standard InChI is InChI=1S/C23H26N2O4S/c1-14(2)17-5-7-18(8-6-17)22-15(3)23(25-30(22,26)27)24-16(4)19-9-10-20-21(13-19)29-12-11-28-20/h5-10,13-14,16H,11-12H2,1-4H3,(H,24,25). The predicted octanol–water partition coefficient (Wildman–Crippen LogP) is 4.40. The van der Waals surface area contributed by atoms with Crippen molar-refractivity contribution in [2.75, 3.05) is 13.2 Å². The highest BCUT2D eigenvalue weighted by Gasteiger charge is 2.33. The van der Waals surface area contributed by atoms with Crippen LogP contribution in [0.3, 0.4) is 0 Å². The third-order valence-electron chi connectivity index (χ3n) is 5.41. The lowest BCUT2D eigenvalue weighted by molar-refractivity contribution is 0.171. The third kappa shape index (κ3) is 3.81. The van der Waals surface area contributed by atoms with Gasteiger partial charge in [-0.3, -0.25) is 9.71 Å². The maximum Gasteiger partial charge on any atom is 0.264 e. The van der Waals surface area contributed by atoms with Crippen molar-refractivity contribution < 1.29 is 17.9 Å². The highest BCUT2D eigenvalue weighted by atomic mass is 32.2. The minimum absolute atomic E-state index is 0.254. The smallest absolute Gasteiger partial charge is 0.264 e. The van der Waals surface area contributed by atoms with E-state index in [9.17, 15) is 8.42 Å². The maximum atomic E-state index is 12.8. The average Bonchev–Trinajstić information content (AvgIpc) is 2.95. The highest BCUT2D eigenvalue weighted by molar-refractivity contribution is 8.00. The van der Waals surface area contributed by atoms with Crippen LogP contribution < -0.4 is 14.2 Å². The number of aliphatic imine (C=N–C) groups is 1. The Morgan fingerprint density at radius 1 is 0.933 bits per heavy atom. The second kappa shape index (κ2) is 7.80. The Hall–Kier alpha value is -2.80. The zero-order valence-electron chi connectivity index (χ0n) is 17.6. The van der Waals surface area contributed by atoms with E-state index in [1.807, 2.05) is 49.4 Å². The van der Waals surface area contributed by atoms with E-state index in [1.165, 1.54) is 5.56 Å². The lowest BCUT2D eigenvalue weighted by Gasteiger charge is -2.19. The lowest BCUT2D eigenvalue weighted by atomic mass is 10.0. The minimum Gasteiger partial charge on any atom is -0.486 e. The Morgan fingerprint density at radius 3 is 2.23 bits per heavy atom. The van der Waals surface area contributed by atoms with Crippen molar-refractivity contribution in [2.24, 2.45) is 4.99 Å². The number of ether oxygens (including phenoxy) is 2. The molecule has 2 aromatic rings. The summed E-state index contributed by atoms with van der Waals surface area (Å²) in [6.45, 7) is 8.99. The molecule has 0 radical (unpaired) electrons. The number of nitrogens with zero attached hydrogens (tertiary/aromatic N) is 1. The van der Waals surface area contributed by atoms with Gasteiger partial charge in [0.1, 0.15) is 24.0 Å². The van der Waals surface area contributed by atoms with Crippen molar-refractivity contribution in [1.29, 1.82) is 0 Å². The Bertz CT molecular complexity index is 1130. The van der Waals surface area contributed by atoms with Gasteiger partial charge in [0, 0.05) is 5.57 Å². The summed E-state index contributed by atoms with van der Waals surface area (Å²) in [5, 5.41) is 0. The second-order valence-corrected chi connectivity index (χ2v) is 9.51. The topological polar surface area (TPSA) is 77.0 Å². The number of nitrogens with one attached hydrogen (secondary N) is 1. The highest BCUT2D eigenvalue weighted by Crippen LogP contribution is 2.35. The summed E-state index contributed by atoms with van der Waals surface area (Å²) >= 11 is 0. The molecule has 1 atom stereocenters. The molecule has 0 spiro atoms. The molecule has 0 bridgehead atoms. The van der Waals surface area contributed by atoms with Gasteiger partial charge in [-0.25, -0.2) is 8.42 Å². The molecule has 6 nitrogen and oxygen atoms in total. The SMILES string of the molecule is CC1=C(c2ccc(C(C)C)cc2)S(=O)(=O)NC1=NC(C)c1ccc2c(c1)OCCO2. The Morgan fingerprint density at radius 2 is 1.57 bits per heavy atom. The lowest BCUT2D eigenvalue weighted by Crippen LogP contribution is -2.24. The van der Waals surface area contributed by atoms with E-state index in [0.717, 1.165) is 11.3 Å². The van der Waals surface area contributed by atoms with Crippen molar-refractivity contribution in [3.8, 4) is 11.5 Å². The predicted molar refractivity (Wildman–Crippen MR) is 118 cm³/mol. The van der Waals surface area contributed by atoms with Crippen LogP contribution in [0.2, 0.25) is 0 Å². The van der Waals surface area contributed by atoms with E-state index >= 15 is 0 Å². The zero-order valence-corrected chi connectivity index (χ0v) is 18.4. The van der Waals surface area contributed by atoms with Crippen molar-refractivity contribution >= 4 is 20.8 Å². The summed E-state index contributed by atoms with van der Waals surface area (Å²) in [5.41, 5.74) is 3.38. The van der Waals surface area contributed by atoms with Gasteiger partial charge in [0.25, 0.3) is 10.0 Å². The first kappa shape index (κ1) is 20.5. The average molecular weight is 427 g/mol. The van der Waals surface area contributed by atoms with E-state index in [2.05, 4.69) is 23.6 Å². The number of rotatable bonds is 4. The number of benzene rings is 2. The van der Waals surface area contributed by atoms with Gasteiger partial charge in [-0.1, -0.05) is 44.2 Å². The van der Waals surface area contributed by atoms with Gasteiger partial charge in [-0.05, 0) is 48.6 Å². The van der Waals surface area contributed by atoms with E-state index in [4.69, 9.17) is 9.47 Å². The maximum absolute atomic E-state index is 12.8. The molecule has 158 valence electrons.